The molecule has 3 heterocycles. The fourth-order valence-corrected chi connectivity index (χ4v) is 3.34. The number of carbonyl (C=O) groups excluding carboxylic acids is 1. The highest BCUT2D eigenvalue weighted by atomic mass is 16.2. The lowest BCUT2D eigenvalue weighted by Crippen LogP contribution is -2.32. The summed E-state index contributed by atoms with van der Waals surface area (Å²) in [6.07, 6.45) is 3.42. The zero-order valence-corrected chi connectivity index (χ0v) is 15.1. The molecule has 4 rings (SSSR count). The van der Waals surface area contributed by atoms with Gasteiger partial charge in [0, 0.05) is 36.1 Å². The van der Waals surface area contributed by atoms with Crippen LogP contribution in [0.25, 0.3) is 16.6 Å². The van der Waals surface area contributed by atoms with Crippen molar-refractivity contribution in [1.29, 1.82) is 0 Å². The van der Waals surface area contributed by atoms with Crippen molar-refractivity contribution in [3.63, 3.8) is 0 Å². The molecule has 0 aliphatic carbocycles. The van der Waals surface area contributed by atoms with Gasteiger partial charge in [0.1, 0.15) is 6.04 Å². The number of aryl methyl sites for hydroxylation is 1. The number of hydrogen-bond donors (Lipinski definition) is 1. The monoisotopic (exact) mass is 361 g/mol. The van der Waals surface area contributed by atoms with Gasteiger partial charge in [0.05, 0.1) is 5.52 Å². The predicted molar refractivity (Wildman–Crippen MR) is 102 cm³/mol. The van der Waals surface area contributed by atoms with Crippen LogP contribution in [0.3, 0.4) is 0 Å². The second-order valence-corrected chi connectivity index (χ2v) is 6.49. The van der Waals surface area contributed by atoms with E-state index in [1.165, 1.54) is 6.07 Å². The average molecular weight is 361 g/mol. The Balaban J connectivity index is 1.77. The molecule has 1 atom stereocenters. The number of rotatable bonds is 4. The van der Waals surface area contributed by atoms with Crippen molar-refractivity contribution in [2.24, 2.45) is 0 Å². The summed E-state index contributed by atoms with van der Waals surface area (Å²) in [4.78, 5) is 33.0. The fraction of sp³-hybridized carbons (Fsp3) is 0.200. The molecule has 3 aromatic heterocycles. The van der Waals surface area contributed by atoms with Gasteiger partial charge in [-0.1, -0.05) is 18.2 Å². The second kappa shape index (κ2) is 6.68. The molecule has 7 nitrogen and oxygen atoms in total. The number of carbonyl (C=O) groups is 1. The average Bonchev–Trinajstić information content (AvgIpc) is 3.01. The minimum absolute atomic E-state index is 0.125. The van der Waals surface area contributed by atoms with Gasteiger partial charge in [0.2, 0.25) is 5.91 Å². The summed E-state index contributed by atoms with van der Waals surface area (Å²) < 4.78 is 3.71. The zero-order chi connectivity index (χ0) is 19.0. The first-order valence-corrected chi connectivity index (χ1v) is 8.72. The van der Waals surface area contributed by atoms with Crippen molar-refractivity contribution in [1.82, 2.24) is 24.5 Å². The highest BCUT2D eigenvalue weighted by Gasteiger charge is 2.22. The van der Waals surface area contributed by atoms with Crippen molar-refractivity contribution in [3.05, 3.63) is 76.5 Å². The van der Waals surface area contributed by atoms with Gasteiger partial charge in [0.25, 0.3) is 5.56 Å². The summed E-state index contributed by atoms with van der Waals surface area (Å²) in [6, 6.07) is 12.4. The van der Waals surface area contributed by atoms with Crippen LogP contribution in [0.2, 0.25) is 0 Å². The van der Waals surface area contributed by atoms with E-state index in [1.807, 2.05) is 59.4 Å². The van der Waals surface area contributed by atoms with Crippen molar-refractivity contribution in [3.8, 4) is 0 Å². The minimum Gasteiger partial charge on any atom is -0.350 e. The Kier molecular flexibility index (Phi) is 4.19. The Labute approximate surface area is 155 Å². The molecule has 0 saturated heterocycles. The van der Waals surface area contributed by atoms with Crippen molar-refractivity contribution in [2.45, 2.75) is 26.4 Å². The number of nitrogens with zero attached hydrogens (tertiary/aromatic N) is 4. The third kappa shape index (κ3) is 2.97. The van der Waals surface area contributed by atoms with E-state index in [-0.39, 0.29) is 11.5 Å². The van der Waals surface area contributed by atoms with Crippen LogP contribution in [0.15, 0.2) is 59.7 Å². The van der Waals surface area contributed by atoms with Crippen LogP contribution in [0.5, 0.6) is 0 Å². The van der Waals surface area contributed by atoms with Crippen LogP contribution >= 0.6 is 0 Å². The van der Waals surface area contributed by atoms with Crippen molar-refractivity contribution < 1.29 is 4.79 Å². The highest BCUT2D eigenvalue weighted by Crippen LogP contribution is 2.25. The zero-order valence-electron chi connectivity index (χ0n) is 15.1. The number of para-hydroxylation sites is 1. The maximum Gasteiger partial charge on any atom is 0.273 e. The van der Waals surface area contributed by atoms with Gasteiger partial charge in [-0.2, -0.15) is 4.98 Å². The molecule has 4 aromatic rings. The number of aromatic nitrogens is 4. The summed E-state index contributed by atoms with van der Waals surface area (Å²) in [5.41, 5.74) is 2.78. The predicted octanol–water partition coefficient (Wildman–Crippen LogP) is 2.23. The highest BCUT2D eigenvalue weighted by molar-refractivity contribution is 5.94. The van der Waals surface area contributed by atoms with Crippen LogP contribution in [0, 0.1) is 6.92 Å². The summed E-state index contributed by atoms with van der Waals surface area (Å²) in [5, 5.41) is 3.79. The van der Waals surface area contributed by atoms with Gasteiger partial charge >= 0.3 is 0 Å². The van der Waals surface area contributed by atoms with Crippen LogP contribution in [-0.4, -0.2) is 25.1 Å². The summed E-state index contributed by atoms with van der Waals surface area (Å²) in [5.74, 6) is -0.125. The third-order valence-electron chi connectivity index (χ3n) is 4.63. The molecule has 27 heavy (non-hydrogen) atoms. The van der Waals surface area contributed by atoms with Gasteiger partial charge in [-0.3, -0.25) is 19.3 Å². The molecule has 1 amide bonds. The van der Waals surface area contributed by atoms with E-state index >= 15 is 0 Å². The van der Waals surface area contributed by atoms with E-state index in [9.17, 15) is 9.59 Å². The Morgan fingerprint density at radius 1 is 1.22 bits per heavy atom. The molecule has 0 unspecified atom stereocenters. The molecular formula is C20H19N5O2. The first-order chi connectivity index (χ1) is 13.1. The van der Waals surface area contributed by atoms with Crippen molar-refractivity contribution in [2.75, 3.05) is 0 Å². The Morgan fingerprint density at radius 2 is 2.04 bits per heavy atom. The van der Waals surface area contributed by atoms with Gasteiger partial charge in [0.15, 0.2) is 5.65 Å². The lowest BCUT2D eigenvalue weighted by Gasteiger charge is -2.18. The van der Waals surface area contributed by atoms with Gasteiger partial charge in [-0.25, -0.2) is 4.52 Å². The molecule has 0 bridgehead atoms. The SMILES string of the molecule is Cc1cc(=O)nc2c3ccccc3n([C@@H](C)C(=O)NCc3cccnc3)n12. The molecule has 0 saturated carbocycles. The van der Waals surface area contributed by atoms with E-state index in [0.717, 1.165) is 22.2 Å². The summed E-state index contributed by atoms with van der Waals surface area (Å²) in [6.45, 7) is 4.08. The van der Waals surface area contributed by atoms with E-state index < -0.39 is 6.04 Å². The molecule has 136 valence electrons. The Hall–Kier alpha value is -3.48. The van der Waals surface area contributed by atoms with E-state index in [4.69, 9.17) is 0 Å². The number of hydrogen-bond acceptors (Lipinski definition) is 4. The van der Waals surface area contributed by atoms with Gasteiger partial charge in [-0.15, -0.1) is 0 Å². The smallest absolute Gasteiger partial charge is 0.273 e. The molecule has 0 radical (unpaired) electrons. The Bertz CT molecular complexity index is 1190. The molecule has 7 heteroatoms. The van der Waals surface area contributed by atoms with Crippen molar-refractivity contribution >= 4 is 22.5 Å². The number of fused-ring (bicyclic) bond motifs is 3. The summed E-state index contributed by atoms with van der Waals surface area (Å²) in [7, 11) is 0. The molecule has 1 N–H and O–H groups in total. The van der Waals surface area contributed by atoms with Crippen LogP contribution in [0.1, 0.15) is 24.2 Å². The third-order valence-corrected chi connectivity index (χ3v) is 4.63. The molecule has 0 aliphatic rings. The number of benzene rings is 1. The quantitative estimate of drug-likeness (QED) is 0.604. The van der Waals surface area contributed by atoms with Gasteiger partial charge < -0.3 is 5.32 Å². The molecule has 0 fully saturated rings. The first kappa shape index (κ1) is 17.0. The van der Waals surface area contributed by atoms with Crippen LogP contribution < -0.4 is 10.9 Å². The lowest BCUT2D eigenvalue weighted by atomic mass is 10.2. The number of nitrogens with one attached hydrogen (secondary N) is 1. The van der Waals surface area contributed by atoms with E-state index in [2.05, 4.69) is 15.3 Å². The lowest BCUT2D eigenvalue weighted by molar-refractivity contribution is -0.124. The molecule has 0 spiro atoms. The molecular weight excluding hydrogens is 342 g/mol. The molecule has 1 aromatic carbocycles. The van der Waals surface area contributed by atoms with E-state index in [0.29, 0.717) is 12.2 Å². The first-order valence-electron chi connectivity index (χ1n) is 8.72. The second-order valence-electron chi connectivity index (χ2n) is 6.49. The topological polar surface area (TPSA) is 81.3 Å². The standard InChI is InChI=1S/C20H19N5O2/c1-13-10-18(26)23-19-16-7-3-4-8-17(16)25(24(13)19)14(2)20(27)22-12-15-6-5-9-21-11-15/h3-11,14H,12H2,1-2H3,(H,22,27)/t14-/m0/s1. The van der Waals surface area contributed by atoms with Crippen LogP contribution in [0.4, 0.5) is 0 Å². The molecule has 0 aliphatic heterocycles. The summed E-state index contributed by atoms with van der Waals surface area (Å²) >= 11 is 0. The largest absolute Gasteiger partial charge is 0.350 e. The maximum absolute atomic E-state index is 12.8. The number of pyridine rings is 1. The fourth-order valence-electron chi connectivity index (χ4n) is 3.34. The normalized spacial score (nSPS) is 12.4. The van der Waals surface area contributed by atoms with E-state index in [1.54, 1.807) is 12.4 Å². The van der Waals surface area contributed by atoms with Crippen LogP contribution in [-0.2, 0) is 11.3 Å². The maximum atomic E-state index is 12.8. The number of amides is 1. The minimum atomic E-state index is -0.493. The Morgan fingerprint density at radius 3 is 2.81 bits per heavy atom. The van der Waals surface area contributed by atoms with Gasteiger partial charge in [-0.05, 0) is 37.6 Å².